The van der Waals surface area contributed by atoms with Crippen molar-refractivity contribution in [2.45, 2.75) is 19.1 Å². The first-order chi connectivity index (χ1) is 8.27. The van der Waals surface area contributed by atoms with Crippen LogP contribution in [-0.2, 0) is 9.47 Å². The fraction of sp³-hybridized carbons (Fsp3) is 0.636. The van der Waals surface area contributed by atoms with Crippen molar-refractivity contribution in [3.8, 4) is 0 Å². The van der Waals surface area contributed by atoms with Crippen LogP contribution >= 0.6 is 0 Å². The summed E-state index contributed by atoms with van der Waals surface area (Å²) in [6, 6.07) is 0.0851. The molecule has 1 N–H and O–H groups in total. The first-order valence-electron chi connectivity index (χ1n) is 5.70. The quantitative estimate of drug-likeness (QED) is 0.761. The third-order valence-electron chi connectivity index (χ3n) is 2.94. The van der Waals surface area contributed by atoms with E-state index in [-0.39, 0.29) is 18.1 Å². The summed E-state index contributed by atoms with van der Waals surface area (Å²) in [6.45, 7) is 3.69. The van der Waals surface area contributed by atoms with Crippen LogP contribution in [-0.4, -0.2) is 48.4 Å². The number of methoxy groups -OCH3 is 1. The van der Waals surface area contributed by atoms with Gasteiger partial charge in [0, 0.05) is 20.2 Å². The Morgan fingerprint density at radius 1 is 1.65 bits per heavy atom. The molecule has 1 aromatic heterocycles. The number of carbonyl (C=O) groups excluding carboxylic acids is 1. The highest BCUT2D eigenvalue weighted by Crippen LogP contribution is 2.20. The highest BCUT2D eigenvalue weighted by molar-refractivity contribution is 5.87. The molecule has 0 spiro atoms. The largest absolute Gasteiger partial charge is 0.461 e. The first-order valence-corrected chi connectivity index (χ1v) is 5.70. The van der Waals surface area contributed by atoms with Crippen LogP contribution in [0.5, 0.6) is 0 Å². The molecular formula is C11H17N3O3. The molecule has 2 rings (SSSR count). The van der Waals surface area contributed by atoms with Crippen LogP contribution < -0.4 is 5.32 Å². The lowest BCUT2D eigenvalue weighted by atomic mass is 10.2. The van der Waals surface area contributed by atoms with E-state index >= 15 is 0 Å². The molecule has 94 valence electrons. The van der Waals surface area contributed by atoms with Crippen LogP contribution in [0.25, 0.3) is 0 Å². The van der Waals surface area contributed by atoms with E-state index in [1.54, 1.807) is 20.4 Å². The molecule has 6 heteroatoms. The van der Waals surface area contributed by atoms with Gasteiger partial charge in [-0.1, -0.05) is 0 Å². The number of hydrogen-bond donors (Lipinski definition) is 1. The van der Waals surface area contributed by atoms with Crippen molar-refractivity contribution < 1.29 is 14.3 Å². The Hall–Kier alpha value is -1.40. The molecule has 1 aliphatic rings. The van der Waals surface area contributed by atoms with Crippen LogP contribution in [0.15, 0.2) is 12.5 Å². The summed E-state index contributed by atoms with van der Waals surface area (Å²) in [5, 5.41) is 3.23. The highest BCUT2D eigenvalue weighted by Gasteiger charge is 2.31. The monoisotopic (exact) mass is 239 g/mol. The van der Waals surface area contributed by atoms with E-state index in [2.05, 4.69) is 10.3 Å². The van der Waals surface area contributed by atoms with Gasteiger partial charge < -0.3 is 19.4 Å². The second kappa shape index (κ2) is 5.29. The molecule has 1 unspecified atom stereocenters. The van der Waals surface area contributed by atoms with Gasteiger partial charge in [-0.25, -0.2) is 9.78 Å². The number of aromatic nitrogens is 2. The van der Waals surface area contributed by atoms with Crippen molar-refractivity contribution in [3.05, 3.63) is 18.2 Å². The zero-order valence-electron chi connectivity index (χ0n) is 10.0. The summed E-state index contributed by atoms with van der Waals surface area (Å²) in [4.78, 5) is 15.8. The fourth-order valence-corrected chi connectivity index (χ4v) is 2.09. The Balaban J connectivity index is 2.21. The Morgan fingerprint density at radius 3 is 3.18 bits per heavy atom. The normalized spacial score (nSPS) is 23.9. The first kappa shape index (κ1) is 12.1. The lowest BCUT2D eigenvalue weighted by molar-refractivity contribution is 0.0495. The van der Waals surface area contributed by atoms with Crippen LogP contribution in [0.4, 0.5) is 0 Å². The average Bonchev–Trinajstić information content (AvgIpc) is 2.97. The highest BCUT2D eigenvalue weighted by atomic mass is 16.5. The molecule has 1 aromatic rings. The molecule has 2 atom stereocenters. The second-order valence-corrected chi connectivity index (χ2v) is 3.91. The van der Waals surface area contributed by atoms with Gasteiger partial charge in [-0.15, -0.1) is 0 Å². The minimum atomic E-state index is -0.341. The number of ether oxygens (including phenoxy) is 2. The second-order valence-electron chi connectivity index (χ2n) is 3.91. The Labute approximate surface area is 99.9 Å². The van der Waals surface area contributed by atoms with E-state index < -0.39 is 0 Å². The average molecular weight is 239 g/mol. The molecule has 17 heavy (non-hydrogen) atoms. The number of rotatable bonds is 4. The maximum Gasteiger partial charge on any atom is 0.356 e. The molecule has 0 aromatic carbocycles. The number of esters is 1. The topological polar surface area (TPSA) is 65.4 Å². The lowest BCUT2D eigenvalue weighted by Gasteiger charge is -2.20. The van der Waals surface area contributed by atoms with Crippen molar-refractivity contribution in [1.82, 2.24) is 14.9 Å². The van der Waals surface area contributed by atoms with E-state index in [1.807, 2.05) is 4.57 Å². The standard InChI is InChI=1S/C11H17N3O3/c1-3-17-11(15)9-5-13-7-14(9)8-4-12-6-10(8)16-2/h5,7-8,10,12H,3-4,6H2,1-2H3/t8?,10-/m0/s1. The molecule has 1 aliphatic heterocycles. The van der Waals surface area contributed by atoms with Gasteiger partial charge in [0.15, 0.2) is 0 Å². The van der Waals surface area contributed by atoms with Gasteiger partial charge in [-0.05, 0) is 6.92 Å². The third kappa shape index (κ3) is 2.32. The van der Waals surface area contributed by atoms with Crippen molar-refractivity contribution in [1.29, 1.82) is 0 Å². The molecular weight excluding hydrogens is 222 g/mol. The van der Waals surface area contributed by atoms with Crippen molar-refractivity contribution in [3.63, 3.8) is 0 Å². The van der Waals surface area contributed by atoms with E-state index in [9.17, 15) is 4.79 Å². The maximum atomic E-state index is 11.7. The van der Waals surface area contributed by atoms with Crippen molar-refractivity contribution in [2.75, 3.05) is 26.8 Å². The van der Waals surface area contributed by atoms with Gasteiger partial charge in [-0.3, -0.25) is 0 Å². The number of carbonyl (C=O) groups is 1. The third-order valence-corrected chi connectivity index (χ3v) is 2.94. The van der Waals surface area contributed by atoms with Gasteiger partial charge in [0.1, 0.15) is 5.69 Å². The zero-order chi connectivity index (χ0) is 12.3. The van der Waals surface area contributed by atoms with Gasteiger partial charge >= 0.3 is 5.97 Å². The minimum absolute atomic E-state index is 0.0531. The summed E-state index contributed by atoms with van der Waals surface area (Å²) in [5.74, 6) is -0.341. The maximum absolute atomic E-state index is 11.7. The number of nitrogens with zero attached hydrogens (tertiary/aromatic N) is 2. The van der Waals surface area contributed by atoms with Crippen LogP contribution in [0.3, 0.4) is 0 Å². The predicted molar refractivity (Wildman–Crippen MR) is 60.9 cm³/mol. The van der Waals surface area contributed by atoms with E-state index in [0.29, 0.717) is 12.3 Å². The summed E-state index contributed by atoms with van der Waals surface area (Å²) in [6.07, 6.45) is 3.23. The van der Waals surface area contributed by atoms with E-state index in [4.69, 9.17) is 9.47 Å². The van der Waals surface area contributed by atoms with Crippen LogP contribution in [0, 0.1) is 0 Å². The molecule has 0 bridgehead atoms. The molecule has 0 amide bonds. The molecule has 0 saturated carbocycles. The van der Waals surface area contributed by atoms with Gasteiger partial charge in [0.2, 0.25) is 0 Å². The summed E-state index contributed by atoms with van der Waals surface area (Å²) >= 11 is 0. The SMILES string of the molecule is CCOC(=O)c1cncn1C1CNC[C@@H]1OC. The molecule has 0 aliphatic carbocycles. The Morgan fingerprint density at radius 2 is 2.47 bits per heavy atom. The molecule has 1 saturated heterocycles. The zero-order valence-corrected chi connectivity index (χ0v) is 10.0. The van der Waals surface area contributed by atoms with Crippen molar-refractivity contribution in [2.24, 2.45) is 0 Å². The fourth-order valence-electron chi connectivity index (χ4n) is 2.09. The molecule has 6 nitrogen and oxygen atoms in total. The smallest absolute Gasteiger partial charge is 0.356 e. The summed E-state index contributed by atoms with van der Waals surface area (Å²) < 4.78 is 12.2. The van der Waals surface area contributed by atoms with Crippen molar-refractivity contribution >= 4 is 5.97 Å². The minimum Gasteiger partial charge on any atom is -0.461 e. The Bertz CT molecular complexity index is 391. The molecule has 1 fully saturated rings. The number of hydrogen-bond acceptors (Lipinski definition) is 5. The number of nitrogens with one attached hydrogen (secondary N) is 1. The summed E-state index contributed by atoms with van der Waals surface area (Å²) in [5.41, 5.74) is 0.475. The predicted octanol–water partition coefficient (Wildman–Crippen LogP) is 0.219. The van der Waals surface area contributed by atoms with Crippen LogP contribution in [0.2, 0.25) is 0 Å². The van der Waals surface area contributed by atoms with E-state index in [0.717, 1.165) is 13.1 Å². The lowest BCUT2D eigenvalue weighted by Crippen LogP contribution is -2.26. The molecule has 2 heterocycles. The van der Waals surface area contributed by atoms with Gasteiger partial charge in [0.05, 0.1) is 31.3 Å². The Kier molecular flexibility index (Phi) is 3.75. The van der Waals surface area contributed by atoms with Gasteiger partial charge in [0.25, 0.3) is 0 Å². The van der Waals surface area contributed by atoms with E-state index in [1.165, 1.54) is 6.20 Å². The molecule has 0 radical (unpaired) electrons. The van der Waals surface area contributed by atoms with Gasteiger partial charge in [-0.2, -0.15) is 0 Å². The number of imidazole rings is 1. The summed E-state index contributed by atoms with van der Waals surface area (Å²) in [7, 11) is 1.67. The van der Waals surface area contributed by atoms with Crippen LogP contribution in [0.1, 0.15) is 23.5 Å².